The molecule has 2 N–H and O–H groups in total. The fourth-order valence-corrected chi connectivity index (χ4v) is 1.23. The van der Waals surface area contributed by atoms with E-state index in [4.69, 9.17) is 28.9 Å². The van der Waals surface area contributed by atoms with Gasteiger partial charge in [0, 0.05) is 6.20 Å². The first-order valence-electron chi connectivity index (χ1n) is 3.37. The molecule has 14 heavy (non-hydrogen) atoms. The van der Waals surface area contributed by atoms with Crippen LogP contribution in [-0.2, 0) is 0 Å². The molecule has 1 rings (SSSR count). The average molecular weight is 241 g/mol. The van der Waals surface area contributed by atoms with Crippen molar-refractivity contribution in [2.24, 2.45) is 0 Å². The summed E-state index contributed by atoms with van der Waals surface area (Å²) in [6.07, 6.45) is -1.98. The molecule has 1 aromatic heterocycles. The van der Waals surface area contributed by atoms with Crippen molar-refractivity contribution in [2.75, 3.05) is 5.73 Å². The fraction of sp³-hybridized carbons (Fsp3) is 0.143. The lowest BCUT2D eigenvalue weighted by Gasteiger charge is -2.07. The number of hydrogen-bond acceptors (Lipinski definition) is 3. The predicted molar refractivity (Wildman–Crippen MR) is 48.8 cm³/mol. The van der Waals surface area contributed by atoms with Crippen LogP contribution in [0.2, 0.25) is 5.02 Å². The number of alkyl halides is 2. The summed E-state index contributed by atoms with van der Waals surface area (Å²) in [6, 6.07) is 0. The molecule has 0 bridgehead atoms. The van der Waals surface area contributed by atoms with Gasteiger partial charge in [-0.05, 0) is 11.6 Å². The third-order valence-corrected chi connectivity index (χ3v) is 1.99. The molecule has 0 saturated carbocycles. The van der Waals surface area contributed by atoms with Crippen LogP contribution < -0.4 is 5.73 Å². The molecule has 0 spiro atoms. The van der Waals surface area contributed by atoms with Gasteiger partial charge in [-0.25, -0.2) is 8.78 Å². The maximum atomic E-state index is 12.3. The number of halogens is 4. The van der Waals surface area contributed by atoms with Crippen LogP contribution in [0.5, 0.6) is 0 Å². The molecule has 1 aromatic rings. The number of anilines is 1. The molecular weight excluding hydrogens is 237 g/mol. The number of nitrogens with zero attached hydrogens (tertiary/aromatic N) is 1. The van der Waals surface area contributed by atoms with Gasteiger partial charge in [-0.1, -0.05) is 11.6 Å². The van der Waals surface area contributed by atoms with Crippen LogP contribution in [0.1, 0.15) is 22.5 Å². The van der Waals surface area contributed by atoms with Crippen LogP contribution in [0, 0.1) is 0 Å². The first-order valence-corrected chi connectivity index (χ1v) is 4.12. The van der Waals surface area contributed by atoms with Crippen molar-refractivity contribution >= 4 is 34.1 Å². The number of hydrogen-bond donors (Lipinski definition) is 1. The summed E-state index contributed by atoms with van der Waals surface area (Å²) in [5.74, 6) is 0. The zero-order valence-electron chi connectivity index (χ0n) is 6.60. The Morgan fingerprint density at radius 1 is 1.57 bits per heavy atom. The van der Waals surface area contributed by atoms with Crippen molar-refractivity contribution < 1.29 is 13.6 Å². The highest BCUT2D eigenvalue weighted by molar-refractivity contribution is 6.68. The van der Waals surface area contributed by atoms with Crippen LogP contribution in [0.3, 0.4) is 0 Å². The molecule has 0 aliphatic carbocycles. The number of pyridine rings is 1. The molecule has 0 atom stereocenters. The summed E-state index contributed by atoms with van der Waals surface area (Å²) in [4.78, 5) is 14.1. The van der Waals surface area contributed by atoms with E-state index < -0.39 is 22.9 Å². The maximum Gasteiger partial charge on any atom is 0.281 e. The van der Waals surface area contributed by atoms with Crippen LogP contribution in [-0.4, -0.2) is 10.2 Å². The largest absolute Gasteiger partial charge is 0.397 e. The normalized spacial score (nSPS) is 10.6. The summed E-state index contributed by atoms with van der Waals surface area (Å²) in [5, 5.41) is -1.19. The van der Waals surface area contributed by atoms with E-state index in [2.05, 4.69) is 4.98 Å². The van der Waals surface area contributed by atoms with Crippen LogP contribution >= 0.6 is 23.2 Å². The Morgan fingerprint density at radius 2 is 2.14 bits per heavy atom. The van der Waals surface area contributed by atoms with E-state index in [1.54, 1.807) is 0 Å². The zero-order chi connectivity index (χ0) is 10.9. The lowest BCUT2D eigenvalue weighted by molar-refractivity contribution is 0.106. The minimum Gasteiger partial charge on any atom is -0.397 e. The average Bonchev–Trinajstić information content (AvgIpc) is 2.08. The second-order valence-corrected chi connectivity index (χ2v) is 3.10. The smallest absolute Gasteiger partial charge is 0.281 e. The van der Waals surface area contributed by atoms with E-state index in [1.807, 2.05) is 0 Å². The summed E-state index contributed by atoms with van der Waals surface area (Å²) in [6.45, 7) is 0. The highest BCUT2D eigenvalue weighted by Crippen LogP contribution is 2.30. The van der Waals surface area contributed by atoms with E-state index in [0.29, 0.717) is 0 Å². The first kappa shape index (κ1) is 11.1. The minimum atomic E-state index is -2.92. The van der Waals surface area contributed by atoms with Gasteiger partial charge < -0.3 is 5.73 Å². The highest BCUT2D eigenvalue weighted by Gasteiger charge is 2.23. The Bertz CT molecular complexity index is 384. The van der Waals surface area contributed by atoms with Gasteiger partial charge in [0.2, 0.25) is 0 Å². The van der Waals surface area contributed by atoms with E-state index in [9.17, 15) is 13.6 Å². The number of aromatic nitrogens is 1. The summed E-state index contributed by atoms with van der Waals surface area (Å²) >= 11 is 10.6. The number of rotatable bonds is 2. The second kappa shape index (κ2) is 4.06. The van der Waals surface area contributed by atoms with Crippen molar-refractivity contribution in [2.45, 2.75) is 6.43 Å². The van der Waals surface area contributed by atoms with Gasteiger partial charge in [-0.2, -0.15) is 0 Å². The van der Waals surface area contributed by atoms with Crippen molar-refractivity contribution in [3.05, 3.63) is 22.5 Å². The first-order chi connectivity index (χ1) is 6.45. The van der Waals surface area contributed by atoms with Crippen molar-refractivity contribution in [3.8, 4) is 0 Å². The van der Waals surface area contributed by atoms with Gasteiger partial charge in [0.15, 0.2) is 0 Å². The Balaban J connectivity index is 3.45. The Hall–Kier alpha value is -0.940. The molecule has 0 radical (unpaired) electrons. The molecule has 7 heteroatoms. The lowest BCUT2D eigenvalue weighted by Crippen LogP contribution is -2.06. The van der Waals surface area contributed by atoms with Crippen LogP contribution in [0.15, 0.2) is 6.20 Å². The number of carbonyl (C=O) groups excluding carboxylic acids is 1. The molecule has 0 saturated heterocycles. The van der Waals surface area contributed by atoms with Crippen LogP contribution in [0.25, 0.3) is 0 Å². The third kappa shape index (κ3) is 1.93. The van der Waals surface area contributed by atoms with Gasteiger partial charge in [-0.15, -0.1) is 0 Å². The highest BCUT2D eigenvalue weighted by atomic mass is 35.5. The van der Waals surface area contributed by atoms with E-state index in [-0.39, 0.29) is 10.7 Å². The number of carbonyl (C=O) groups is 1. The predicted octanol–water partition coefficient (Wildman–Crippen LogP) is 2.63. The molecule has 0 aromatic carbocycles. The standard InChI is InChI=1S/C7H4Cl2F2N2O/c8-2-1-13-5(7(10)11)3(4(2)12)6(9)14/h1,7H,(H2,12,13). The van der Waals surface area contributed by atoms with Gasteiger partial charge >= 0.3 is 0 Å². The summed E-state index contributed by atoms with van der Waals surface area (Å²) in [5.41, 5.74) is 3.74. The lowest BCUT2D eigenvalue weighted by atomic mass is 10.2. The van der Waals surface area contributed by atoms with Gasteiger partial charge in [0.05, 0.1) is 16.3 Å². The summed E-state index contributed by atoms with van der Waals surface area (Å²) < 4.78 is 24.7. The Kier molecular flexibility index (Phi) is 3.23. The summed E-state index contributed by atoms with van der Waals surface area (Å²) in [7, 11) is 0. The minimum absolute atomic E-state index is 0.0848. The van der Waals surface area contributed by atoms with Gasteiger partial charge in [0.1, 0.15) is 5.69 Å². The van der Waals surface area contributed by atoms with Gasteiger partial charge in [0.25, 0.3) is 11.7 Å². The molecular formula is C7H4Cl2F2N2O. The number of nitrogens with two attached hydrogens (primary N) is 1. The van der Waals surface area contributed by atoms with E-state index >= 15 is 0 Å². The molecule has 76 valence electrons. The van der Waals surface area contributed by atoms with Crippen LogP contribution in [0.4, 0.5) is 14.5 Å². The fourth-order valence-electron chi connectivity index (χ4n) is 0.890. The molecule has 0 amide bonds. The second-order valence-electron chi connectivity index (χ2n) is 2.35. The maximum absolute atomic E-state index is 12.3. The molecule has 0 aliphatic heterocycles. The third-order valence-electron chi connectivity index (χ3n) is 1.50. The molecule has 1 heterocycles. The monoisotopic (exact) mass is 240 g/mol. The topological polar surface area (TPSA) is 56.0 Å². The molecule has 0 unspecified atom stereocenters. The van der Waals surface area contributed by atoms with Crippen molar-refractivity contribution in [1.29, 1.82) is 0 Å². The zero-order valence-corrected chi connectivity index (χ0v) is 8.11. The Labute approximate surface area is 87.8 Å². The van der Waals surface area contributed by atoms with E-state index in [0.717, 1.165) is 6.20 Å². The van der Waals surface area contributed by atoms with E-state index in [1.165, 1.54) is 0 Å². The van der Waals surface area contributed by atoms with Crippen molar-refractivity contribution in [3.63, 3.8) is 0 Å². The number of nitrogen functional groups attached to an aromatic ring is 1. The molecule has 0 aliphatic rings. The SMILES string of the molecule is Nc1c(Cl)cnc(C(F)F)c1C(=O)Cl. The Morgan fingerprint density at radius 3 is 2.57 bits per heavy atom. The quantitative estimate of drug-likeness (QED) is 0.809. The molecule has 0 fully saturated rings. The van der Waals surface area contributed by atoms with Gasteiger partial charge in [-0.3, -0.25) is 9.78 Å². The molecule has 3 nitrogen and oxygen atoms in total. The van der Waals surface area contributed by atoms with Crippen molar-refractivity contribution in [1.82, 2.24) is 4.98 Å².